The molecule has 2 saturated carbocycles. The van der Waals surface area contributed by atoms with Crippen molar-refractivity contribution in [1.82, 2.24) is 4.98 Å². The highest BCUT2D eigenvalue weighted by molar-refractivity contribution is 5.75. The Balaban J connectivity index is 1.74. The lowest BCUT2D eigenvalue weighted by atomic mass is 9.70. The van der Waals surface area contributed by atoms with Gasteiger partial charge < -0.3 is 5.11 Å². The number of fused-ring (bicyclic) bond motifs is 2. The number of hydrogen-bond acceptors (Lipinski definition) is 2. The molecule has 1 aromatic heterocycles. The number of aliphatic carboxylic acids is 1. The number of aryl methyl sites for hydroxylation is 1. The lowest BCUT2D eigenvalue weighted by Crippen LogP contribution is -2.37. The average molecular weight is 245 g/mol. The minimum Gasteiger partial charge on any atom is -0.481 e. The zero-order valence-corrected chi connectivity index (χ0v) is 10.5. The molecule has 1 heterocycles. The number of hydrogen-bond donors (Lipinski definition) is 1. The van der Waals surface area contributed by atoms with Gasteiger partial charge in [0.15, 0.2) is 0 Å². The van der Waals surface area contributed by atoms with Gasteiger partial charge in [0.2, 0.25) is 0 Å². The molecule has 3 nitrogen and oxygen atoms in total. The van der Waals surface area contributed by atoms with Crippen LogP contribution in [0.3, 0.4) is 0 Å². The van der Waals surface area contributed by atoms with Crippen molar-refractivity contribution in [3.05, 3.63) is 30.1 Å². The van der Waals surface area contributed by atoms with Crippen LogP contribution in [0.25, 0.3) is 0 Å². The summed E-state index contributed by atoms with van der Waals surface area (Å²) in [6.07, 6.45) is 7.69. The molecule has 3 rings (SSSR count). The average Bonchev–Trinajstić information content (AvgIpc) is 2.98. The molecule has 0 aromatic carbocycles. The molecule has 0 saturated heterocycles. The molecule has 1 N–H and O–H groups in total. The summed E-state index contributed by atoms with van der Waals surface area (Å²) in [4.78, 5) is 16.0. The molecule has 1 aromatic rings. The normalized spacial score (nSPS) is 33.8. The van der Waals surface area contributed by atoms with E-state index in [9.17, 15) is 9.90 Å². The SMILES string of the molecule is O=C(O)C1(CCc2ccccn2)CC2CCC1C2. The van der Waals surface area contributed by atoms with Crippen LogP contribution in [-0.2, 0) is 11.2 Å². The highest BCUT2D eigenvalue weighted by Gasteiger charge is 2.55. The first-order chi connectivity index (χ1) is 8.71. The van der Waals surface area contributed by atoms with E-state index in [0.29, 0.717) is 11.8 Å². The first kappa shape index (κ1) is 11.7. The highest BCUT2D eigenvalue weighted by Crippen LogP contribution is 2.58. The van der Waals surface area contributed by atoms with Gasteiger partial charge in [-0.2, -0.15) is 0 Å². The van der Waals surface area contributed by atoms with Crippen molar-refractivity contribution in [3.8, 4) is 0 Å². The first-order valence-corrected chi connectivity index (χ1v) is 6.84. The van der Waals surface area contributed by atoms with Crippen LogP contribution >= 0.6 is 0 Å². The maximum absolute atomic E-state index is 11.7. The second-order valence-electron chi connectivity index (χ2n) is 5.86. The van der Waals surface area contributed by atoms with Crippen molar-refractivity contribution in [2.45, 2.75) is 38.5 Å². The second-order valence-corrected chi connectivity index (χ2v) is 5.86. The van der Waals surface area contributed by atoms with Crippen LogP contribution in [0, 0.1) is 17.3 Å². The number of carbonyl (C=O) groups is 1. The van der Waals surface area contributed by atoms with E-state index < -0.39 is 11.4 Å². The Morgan fingerprint density at radius 1 is 1.44 bits per heavy atom. The fourth-order valence-corrected chi connectivity index (χ4v) is 4.02. The van der Waals surface area contributed by atoms with Gasteiger partial charge in [0.1, 0.15) is 0 Å². The minimum absolute atomic E-state index is 0.406. The number of pyridine rings is 1. The second kappa shape index (κ2) is 4.38. The summed E-state index contributed by atoms with van der Waals surface area (Å²) in [6.45, 7) is 0. The van der Waals surface area contributed by atoms with Gasteiger partial charge in [-0.05, 0) is 56.1 Å². The molecule has 0 radical (unpaired) electrons. The number of nitrogens with zero attached hydrogens (tertiary/aromatic N) is 1. The van der Waals surface area contributed by atoms with Crippen LogP contribution in [0.2, 0.25) is 0 Å². The quantitative estimate of drug-likeness (QED) is 0.887. The topological polar surface area (TPSA) is 50.2 Å². The number of carboxylic acids is 1. The number of aromatic nitrogens is 1. The van der Waals surface area contributed by atoms with Crippen LogP contribution in [0.4, 0.5) is 0 Å². The third-order valence-corrected chi connectivity index (χ3v) is 4.95. The van der Waals surface area contributed by atoms with E-state index in [2.05, 4.69) is 4.98 Å². The molecule has 3 heteroatoms. The summed E-state index contributed by atoms with van der Waals surface area (Å²) < 4.78 is 0. The van der Waals surface area contributed by atoms with E-state index in [0.717, 1.165) is 37.8 Å². The Bertz CT molecular complexity index is 445. The van der Waals surface area contributed by atoms with Crippen LogP contribution in [0.5, 0.6) is 0 Å². The summed E-state index contributed by atoms with van der Waals surface area (Å²) in [5, 5.41) is 9.64. The van der Waals surface area contributed by atoms with Crippen molar-refractivity contribution in [1.29, 1.82) is 0 Å². The predicted octanol–water partition coefficient (Wildman–Crippen LogP) is 2.91. The Kier molecular flexibility index (Phi) is 2.84. The molecule has 0 amide bonds. The third kappa shape index (κ3) is 1.82. The standard InChI is InChI=1S/C15H19NO2/c17-14(18)15(10-11-4-5-12(15)9-11)7-6-13-3-1-2-8-16-13/h1-3,8,11-12H,4-7,9-10H2,(H,17,18). The summed E-state index contributed by atoms with van der Waals surface area (Å²) in [6, 6.07) is 5.85. The molecule has 18 heavy (non-hydrogen) atoms. The number of carboxylic acid groups (broad SMARTS) is 1. The number of rotatable bonds is 4. The lowest BCUT2D eigenvalue weighted by Gasteiger charge is -2.33. The molecule has 3 atom stereocenters. The molecule has 2 fully saturated rings. The summed E-state index contributed by atoms with van der Waals surface area (Å²) in [5.41, 5.74) is 0.557. The Hall–Kier alpha value is -1.38. The van der Waals surface area contributed by atoms with Crippen LogP contribution in [0.15, 0.2) is 24.4 Å². The third-order valence-electron chi connectivity index (χ3n) is 4.95. The van der Waals surface area contributed by atoms with Gasteiger partial charge >= 0.3 is 5.97 Å². The van der Waals surface area contributed by atoms with Gasteiger partial charge in [-0.25, -0.2) is 0 Å². The van der Waals surface area contributed by atoms with Crippen LogP contribution in [-0.4, -0.2) is 16.1 Å². The Morgan fingerprint density at radius 3 is 2.89 bits per heavy atom. The minimum atomic E-state index is -0.578. The van der Waals surface area contributed by atoms with Gasteiger partial charge in [-0.3, -0.25) is 9.78 Å². The van der Waals surface area contributed by atoms with E-state index in [1.165, 1.54) is 6.42 Å². The zero-order valence-electron chi connectivity index (χ0n) is 10.5. The van der Waals surface area contributed by atoms with E-state index >= 15 is 0 Å². The smallest absolute Gasteiger partial charge is 0.309 e. The first-order valence-electron chi connectivity index (χ1n) is 6.84. The van der Waals surface area contributed by atoms with Crippen molar-refractivity contribution in [2.24, 2.45) is 17.3 Å². The molecular weight excluding hydrogens is 226 g/mol. The van der Waals surface area contributed by atoms with Gasteiger partial charge in [0, 0.05) is 11.9 Å². The monoisotopic (exact) mass is 245 g/mol. The maximum Gasteiger partial charge on any atom is 0.309 e. The Labute approximate surface area is 107 Å². The van der Waals surface area contributed by atoms with Crippen molar-refractivity contribution >= 4 is 5.97 Å². The predicted molar refractivity (Wildman–Crippen MR) is 68.1 cm³/mol. The van der Waals surface area contributed by atoms with Gasteiger partial charge in [0.05, 0.1) is 5.41 Å². The van der Waals surface area contributed by atoms with E-state index in [1.54, 1.807) is 6.20 Å². The fraction of sp³-hybridized carbons (Fsp3) is 0.600. The van der Waals surface area contributed by atoms with E-state index in [4.69, 9.17) is 0 Å². The summed E-state index contributed by atoms with van der Waals surface area (Å²) in [5.74, 6) is 0.490. The van der Waals surface area contributed by atoms with Crippen LogP contribution in [0.1, 0.15) is 37.8 Å². The largest absolute Gasteiger partial charge is 0.481 e. The van der Waals surface area contributed by atoms with Gasteiger partial charge in [-0.1, -0.05) is 12.5 Å². The molecule has 2 bridgehead atoms. The van der Waals surface area contributed by atoms with E-state index in [-0.39, 0.29) is 0 Å². The summed E-state index contributed by atoms with van der Waals surface area (Å²) in [7, 11) is 0. The fourth-order valence-electron chi connectivity index (χ4n) is 4.02. The molecule has 0 aliphatic heterocycles. The maximum atomic E-state index is 11.7. The van der Waals surface area contributed by atoms with Crippen molar-refractivity contribution in [2.75, 3.05) is 0 Å². The van der Waals surface area contributed by atoms with Gasteiger partial charge in [-0.15, -0.1) is 0 Å². The molecule has 2 aliphatic carbocycles. The van der Waals surface area contributed by atoms with E-state index in [1.807, 2.05) is 18.2 Å². The highest BCUT2D eigenvalue weighted by atomic mass is 16.4. The lowest BCUT2D eigenvalue weighted by molar-refractivity contribution is -0.153. The van der Waals surface area contributed by atoms with Crippen molar-refractivity contribution < 1.29 is 9.90 Å². The molecular formula is C15H19NO2. The van der Waals surface area contributed by atoms with Crippen LogP contribution < -0.4 is 0 Å². The summed E-state index contributed by atoms with van der Waals surface area (Å²) >= 11 is 0. The molecule has 3 unspecified atom stereocenters. The van der Waals surface area contributed by atoms with Crippen molar-refractivity contribution in [3.63, 3.8) is 0 Å². The molecule has 96 valence electrons. The molecule has 0 spiro atoms. The Morgan fingerprint density at radius 2 is 2.33 bits per heavy atom. The molecule has 2 aliphatic rings. The zero-order chi connectivity index (χ0) is 12.6. The van der Waals surface area contributed by atoms with Gasteiger partial charge in [0.25, 0.3) is 0 Å².